The predicted octanol–water partition coefficient (Wildman–Crippen LogP) is 1.63. The lowest BCUT2D eigenvalue weighted by molar-refractivity contribution is -0.115. The number of aliphatic hydroxyl groups excluding tert-OH is 1. The Morgan fingerprint density at radius 2 is 2.21 bits per heavy atom. The number of primary amides is 1. The van der Waals surface area contributed by atoms with Gasteiger partial charge in [0.15, 0.2) is 5.82 Å². The van der Waals surface area contributed by atoms with Crippen molar-refractivity contribution in [1.82, 2.24) is 14.8 Å². The van der Waals surface area contributed by atoms with Gasteiger partial charge in [-0.25, -0.2) is 4.68 Å². The number of nitrogens with one attached hydrogen (secondary N) is 1. The normalized spacial score (nSPS) is 16.7. The fourth-order valence-electron chi connectivity index (χ4n) is 2.84. The van der Waals surface area contributed by atoms with Gasteiger partial charge in [0, 0.05) is 29.3 Å². The molecule has 4 N–H and O–H groups in total. The molecule has 1 aromatic heterocycles. The molecular weight excluding hydrogens is 330 g/mol. The molecule has 0 spiro atoms. The molecule has 0 fully saturated rings. The maximum Gasteiger partial charge on any atom is 0.248 e. The van der Waals surface area contributed by atoms with Gasteiger partial charge >= 0.3 is 0 Å². The minimum Gasteiger partial charge on any atom is -0.396 e. The lowest BCUT2D eigenvalue weighted by atomic mass is 9.95. The number of nitrogens with zero attached hydrogens (tertiary/aromatic N) is 3. The highest BCUT2D eigenvalue weighted by atomic mass is 35.5. The van der Waals surface area contributed by atoms with Crippen LogP contribution in [0.1, 0.15) is 30.8 Å². The van der Waals surface area contributed by atoms with Crippen molar-refractivity contribution < 1.29 is 9.90 Å². The number of carbonyl (C=O) groups excluding carboxylic acids is 1. The van der Waals surface area contributed by atoms with E-state index in [1.807, 2.05) is 18.2 Å². The maximum atomic E-state index is 12.0. The quantitative estimate of drug-likeness (QED) is 0.762. The van der Waals surface area contributed by atoms with Crippen molar-refractivity contribution in [2.45, 2.75) is 25.8 Å². The van der Waals surface area contributed by atoms with E-state index in [1.54, 1.807) is 17.7 Å². The van der Waals surface area contributed by atoms with Gasteiger partial charge in [-0.05, 0) is 19.4 Å². The van der Waals surface area contributed by atoms with Gasteiger partial charge in [-0.3, -0.25) is 4.79 Å². The Morgan fingerprint density at radius 1 is 1.46 bits per heavy atom. The number of halogens is 1. The number of anilines is 1. The van der Waals surface area contributed by atoms with Gasteiger partial charge in [0.25, 0.3) is 0 Å². The summed E-state index contributed by atoms with van der Waals surface area (Å²) in [5.41, 5.74) is 7.36. The van der Waals surface area contributed by atoms with Crippen LogP contribution >= 0.6 is 11.6 Å². The molecule has 126 valence electrons. The number of aryl methyl sites for hydroxylation is 1. The first kappa shape index (κ1) is 16.5. The zero-order valence-electron chi connectivity index (χ0n) is 13.2. The van der Waals surface area contributed by atoms with Crippen LogP contribution < -0.4 is 11.1 Å². The topological polar surface area (TPSA) is 106 Å². The minimum atomic E-state index is -0.539. The third-order valence-electron chi connectivity index (χ3n) is 3.92. The Kier molecular flexibility index (Phi) is 4.55. The number of rotatable bonds is 5. The monoisotopic (exact) mass is 347 g/mol. The molecule has 0 radical (unpaired) electrons. The number of aliphatic hydroxyl groups is 1. The smallest absolute Gasteiger partial charge is 0.248 e. The molecule has 2 aromatic rings. The van der Waals surface area contributed by atoms with Crippen LogP contribution in [0.5, 0.6) is 0 Å². The SMILES string of the molecule is CC1=C(C(N)=O)[C@H](c2ccccc2Cl)n2nc(CCCO)nc2N1. The van der Waals surface area contributed by atoms with Gasteiger partial charge < -0.3 is 16.2 Å². The molecule has 24 heavy (non-hydrogen) atoms. The Labute approximate surface area is 144 Å². The molecule has 8 heteroatoms. The third kappa shape index (κ3) is 2.88. The lowest BCUT2D eigenvalue weighted by Gasteiger charge is -2.28. The molecule has 1 amide bonds. The Morgan fingerprint density at radius 3 is 2.88 bits per heavy atom. The molecule has 1 atom stereocenters. The standard InChI is InChI=1S/C16H18ClN5O2/c1-9-13(15(18)24)14(10-5-2-3-6-11(10)17)22-16(19-9)20-12(21-22)7-4-8-23/h2-3,5-6,14,23H,4,7-8H2,1H3,(H2,18,24)(H,19,20,21)/t14-/m0/s1. The summed E-state index contributed by atoms with van der Waals surface area (Å²) in [7, 11) is 0. The van der Waals surface area contributed by atoms with Crippen LogP contribution in [-0.2, 0) is 11.2 Å². The number of hydrogen-bond acceptors (Lipinski definition) is 5. The summed E-state index contributed by atoms with van der Waals surface area (Å²) in [4.78, 5) is 16.5. The summed E-state index contributed by atoms with van der Waals surface area (Å²) in [5, 5.41) is 17.1. The van der Waals surface area contributed by atoms with Crippen molar-refractivity contribution in [3.05, 3.63) is 51.9 Å². The largest absolute Gasteiger partial charge is 0.396 e. The van der Waals surface area contributed by atoms with Gasteiger partial charge in [0.2, 0.25) is 11.9 Å². The van der Waals surface area contributed by atoms with E-state index in [0.29, 0.717) is 40.9 Å². The average molecular weight is 348 g/mol. The first-order valence-corrected chi connectivity index (χ1v) is 7.99. The van der Waals surface area contributed by atoms with Gasteiger partial charge in [0.05, 0.1) is 5.57 Å². The molecule has 0 aliphatic carbocycles. The van der Waals surface area contributed by atoms with Gasteiger partial charge in [-0.2, -0.15) is 10.1 Å². The maximum absolute atomic E-state index is 12.0. The van der Waals surface area contributed by atoms with Gasteiger partial charge in [-0.15, -0.1) is 0 Å². The van der Waals surface area contributed by atoms with Crippen LogP contribution in [0.25, 0.3) is 0 Å². The number of hydrogen-bond donors (Lipinski definition) is 3. The van der Waals surface area contributed by atoms with Crippen molar-refractivity contribution in [2.24, 2.45) is 5.73 Å². The number of benzene rings is 1. The second kappa shape index (κ2) is 6.62. The van der Waals surface area contributed by atoms with E-state index in [9.17, 15) is 4.79 Å². The molecule has 0 unspecified atom stereocenters. The van der Waals surface area contributed by atoms with Crippen molar-refractivity contribution >= 4 is 23.5 Å². The minimum absolute atomic E-state index is 0.0645. The summed E-state index contributed by atoms with van der Waals surface area (Å²) in [6, 6.07) is 6.73. The number of amides is 1. The molecule has 1 aromatic carbocycles. The van der Waals surface area contributed by atoms with Crippen LogP contribution in [0, 0.1) is 0 Å². The van der Waals surface area contributed by atoms with Crippen LogP contribution in [0.3, 0.4) is 0 Å². The van der Waals surface area contributed by atoms with E-state index in [-0.39, 0.29) is 6.61 Å². The van der Waals surface area contributed by atoms with Crippen molar-refractivity contribution in [3.8, 4) is 0 Å². The van der Waals surface area contributed by atoms with E-state index in [1.165, 1.54) is 0 Å². The molecule has 1 aliphatic heterocycles. The fourth-order valence-corrected chi connectivity index (χ4v) is 3.08. The summed E-state index contributed by atoms with van der Waals surface area (Å²) >= 11 is 6.34. The van der Waals surface area contributed by atoms with Gasteiger partial charge in [0.1, 0.15) is 6.04 Å². The molecule has 7 nitrogen and oxygen atoms in total. The van der Waals surface area contributed by atoms with Crippen molar-refractivity contribution in [3.63, 3.8) is 0 Å². The summed E-state index contributed by atoms with van der Waals surface area (Å²) in [6.07, 6.45) is 1.10. The molecule has 0 saturated heterocycles. The highest BCUT2D eigenvalue weighted by molar-refractivity contribution is 6.31. The van der Waals surface area contributed by atoms with E-state index >= 15 is 0 Å². The highest BCUT2D eigenvalue weighted by Crippen LogP contribution is 2.37. The molecule has 0 bridgehead atoms. The molecule has 0 saturated carbocycles. The molecule has 1 aliphatic rings. The second-order valence-electron chi connectivity index (χ2n) is 5.58. The average Bonchev–Trinajstić information content (AvgIpc) is 2.94. The Balaban J connectivity index is 2.14. The summed E-state index contributed by atoms with van der Waals surface area (Å²) in [6.45, 7) is 1.84. The van der Waals surface area contributed by atoms with E-state index < -0.39 is 11.9 Å². The Bertz CT molecular complexity index is 815. The van der Waals surface area contributed by atoms with Gasteiger partial charge in [-0.1, -0.05) is 29.8 Å². The number of nitrogens with two attached hydrogens (primary N) is 1. The number of carbonyl (C=O) groups is 1. The van der Waals surface area contributed by atoms with E-state index in [4.69, 9.17) is 22.4 Å². The third-order valence-corrected chi connectivity index (χ3v) is 4.26. The summed E-state index contributed by atoms with van der Waals surface area (Å²) < 4.78 is 1.63. The fraction of sp³-hybridized carbons (Fsp3) is 0.312. The van der Waals surface area contributed by atoms with Crippen molar-refractivity contribution in [1.29, 1.82) is 0 Å². The second-order valence-corrected chi connectivity index (χ2v) is 5.98. The Hall–Kier alpha value is -2.38. The van der Waals surface area contributed by atoms with Crippen LogP contribution in [-0.4, -0.2) is 32.4 Å². The molecular formula is C16H18ClN5O2. The highest BCUT2D eigenvalue weighted by Gasteiger charge is 2.34. The predicted molar refractivity (Wildman–Crippen MR) is 90.5 cm³/mol. The summed E-state index contributed by atoms with van der Waals surface area (Å²) in [5.74, 6) is 0.570. The first-order chi connectivity index (χ1) is 11.5. The zero-order chi connectivity index (χ0) is 17.3. The van der Waals surface area contributed by atoms with E-state index in [0.717, 1.165) is 5.56 Å². The van der Waals surface area contributed by atoms with Crippen molar-refractivity contribution in [2.75, 3.05) is 11.9 Å². The zero-order valence-corrected chi connectivity index (χ0v) is 13.9. The number of allylic oxidation sites excluding steroid dienone is 1. The molecule has 3 rings (SSSR count). The number of fused-ring (bicyclic) bond motifs is 1. The lowest BCUT2D eigenvalue weighted by Crippen LogP contribution is -2.32. The number of aromatic nitrogens is 3. The van der Waals surface area contributed by atoms with E-state index in [2.05, 4.69) is 15.4 Å². The van der Waals surface area contributed by atoms with Crippen LogP contribution in [0.4, 0.5) is 5.95 Å². The first-order valence-electron chi connectivity index (χ1n) is 7.61. The van der Waals surface area contributed by atoms with Crippen LogP contribution in [0.2, 0.25) is 5.02 Å². The van der Waals surface area contributed by atoms with Crippen LogP contribution in [0.15, 0.2) is 35.5 Å². The molecule has 2 heterocycles.